The molecule has 8 heavy (non-hydrogen) atoms. The van der Waals surface area contributed by atoms with Gasteiger partial charge in [0.05, 0.1) is 13.2 Å². The molecule has 0 spiro atoms. The van der Waals surface area contributed by atoms with Crippen LogP contribution in [0.2, 0.25) is 0 Å². The molecule has 0 aliphatic heterocycles. The normalized spacial score (nSPS) is 8.75. The molecule has 0 radical (unpaired) electrons. The van der Waals surface area contributed by atoms with Crippen molar-refractivity contribution in [3.8, 4) is 0 Å². The number of aliphatic hydroxyl groups excluding tert-OH is 1. The summed E-state index contributed by atoms with van der Waals surface area (Å²) >= 11 is 4.67. The number of aliphatic hydroxyl groups is 1. The summed E-state index contributed by atoms with van der Waals surface area (Å²) in [6, 6.07) is 0. The predicted octanol–water partition coefficient (Wildman–Crippen LogP) is 0.733. The first kappa shape index (κ1) is 7.85. The van der Waals surface area contributed by atoms with E-state index in [9.17, 15) is 0 Å². The minimum Gasteiger partial charge on any atom is -0.487 e. The Balaban J connectivity index is 3.06. The highest BCUT2D eigenvalue weighted by molar-refractivity contribution is 7.80. The Labute approximate surface area is 54.5 Å². The average molecular weight is 134 g/mol. The predicted molar refractivity (Wildman–Crippen MR) is 35.9 cm³/mol. The third-order valence-electron chi connectivity index (χ3n) is 0.621. The van der Waals surface area contributed by atoms with Crippen LogP contribution in [0.1, 0.15) is 13.3 Å². The lowest BCUT2D eigenvalue weighted by Crippen LogP contribution is -2.02. The van der Waals surface area contributed by atoms with Crippen LogP contribution in [0.25, 0.3) is 0 Å². The Kier molecular flexibility index (Phi) is 4.90. The topological polar surface area (TPSA) is 29.5 Å². The highest BCUT2D eigenvalue weighted by atomic mass is 32.1. The van der Waals surface area contributed by atoms with E-state index in [1.807, 2.05) is 6.92 Å². The van der Waals surface area contributed by atoms with Crippen molar-refractivity contribution in [1.82, 2.24) is 0 Å². The van der Waals surface area contributed by atoms with Crippen LogP contribution in [0.4, 0.5) is 0 Å². The molecule has 2 nitrogen and oxygen atoms in total. The summed E-state index contributed by atoms with van der Waals surface area (Å²) in [6.07, 6.45) is 0.475. The number of ether oxygens (including phenoxy) is 1. The van der Waals surface area contributed by atoms with Gasteiger partial charge >= 0.3 is 0 Å². The minimum absolute atomic E-state index is 0.0822. The van der Waals surface area contributed by atoms with Crippen LogP contribution < -0.4 is 0 Å². The largest absolute Gasteiger partial charge is 0.487 e. The van der Waals surface area contributed by atoms with Crippen molar-refractivity contribution in [2.75, 3.05) is 13.2 Å². The van der Waals surface area contributed by atoms with E-state index in [2.05, 4.69) is 12.2 Å². The number of thiocarbonyl (C=S) groups is 1. The van der Waals surface area contributed by atoms with Gasteiger partial charge in [-0.1, -0.05) is 0 Å². The van der Waals surface area contributed by atoms with Crippen molar-refractivity contribution < 1.29 is 9.84 Å². The fraction of sp³-hybridized carbons (Fsp3) is 0.800. The monoisotopic (exact) mass is 134 g/mol. The van der Waals surface area contributed by atoms with Gasteiger partial charge < -0.3 is 9.84 Å². The minimum atomic E-state index is 0.0822. The molecule has 0 heterocycles. The van der Waals surface area contributed by atoms with E-state index < -0.39 is 0 Å². The maximum Gasteiger partial charge on any atom is 0.161 e. The molecule has 1 N–H and O–H groups in total. The van der Waals surface area contributed by atoms with Gasteiger partial charge in [-0.2, -0.15) is 0 Å². The van der Waals surface area contributed by atoms with Crippen molar-refractivity contribution in [3.05, 3.63) is 0 Å². The molecule has 3 heteroatoms. The van der Waals surface area contributed by atoms with Crippen molar-refractivity contribution in [2.45, 2.75) is 13.3 Å². The number of rotatable bonds is 3. The molecular formula is C5H10O2S. The molecule has 48 valence electrons. The molecule has 0 bridgehead atoms. The van der Waals surface area contributed by atoms with E-state index in [1.54, 1.807) is 0 Å². The molecule has 0 aromatic rings. The van der Waals surface area contributed by atoms with Crippen LogP contribution in [0.15, 0.2) is 0 Å². The lowest BCUT2D eigenvalue weighted by atomic mass is 10.5. The van der Waals surface area contributed by atoms with Gasteiger partial charge in [0.25, 0.3) is 0 Å². The Hall–Kier alpha value is -0.150. The van der Waals surface area contributed by atoms with Crippen LogP contribution >= 0.6 is 12.2 Å². The fourth-order valence-corrected chi connectivity index (χ4v) is 0.534. The van der Waals surface area contributed by atoms with Gasteiger partial charge in [0.15, 0.2) is 5.05 Å². The first-order chi connectivity index (χ1) is 3.81. The maximum absolute atomic E-state index is 8.30. The van der Waals surface area contributed by atoms with Crippen molar-refractivity contribution in [1.29, 1.82) is 0 Å². The summed E-state index contributed by atoms with van der Waals surface area (Å²) in [5.41, 5.74) is 0. The maximum atomic E-state index is 8.30. The Bertz CT molecular complexity index is 64.8. The molecule has 0 aromatic heterocycles. The zero-order valence-electron chi connectivity index (χ0n) is 4.89. The lowest BCUT2D eigenvalue weighted by molar-refractivity contribution is 0.278. The molecule has 0 saturated heterocycles. The van der Waals surface area contributed by atoms with Gasteiger partial charge in [0.1, 0.15) is 0 Å². The third kappa shape index (κ3) is 4.02. The fourth-order valence-electron chi connectivity index (χ4n) is 0.324. The standard InChI is InChI=1S/C5H10O2S/c1-2-7-5(8)3-4-6/h6H,2-4H2,1H3. The summed E-state index contributed by atoms with van der Waals surface area (Å²) in [5, 5.41) is 8.79. The van der Waals surface area contributed by atoms with Crippen LogP contribution in [-0.2, 0) is 4.74 Å². The zero-order valence-corrected chi connectivity index (χ0v) is 5.70. The summed E-state index contributed by atoms with van der Waals surface area (Å²) < 4.78 is 4.85. The highest BCUT2D eigenvalue weighted by Gasteiger charge is 1.91. The summed E-state index contributed by atoms with van der Waals surface area (Å²) in [7, 11) is 0. The van der Waals surface area contributed by atoms with E-state index >= 15 is 0 Å². The average Bonchev–Trinajstić information content (AvgIpc) is 1.68. The van der Waals surface area contributed by atoms with Gasteiger partial charge in [-0.25, -0.2) is 0 Å². The second-order valence-corrected chi connectivity index (χ2v) is 1.73. The van der Waals surface area contributed by atoms with E-state index in [-0.39, 0.29) is 6.61 Å². The summed E-state index contributed by atoms with van der Waals surface area (Å²) in [5.74, 6) is 0. The van der Waals surface area contributed by atoms with Gasteiger partial charge in [0.2, 0.25) is 0 Å². The van der Waals surface area contributed by atoms with Crippen molar-refractivity contribution in [3.63, 3.8) is 0 Å². The number of hydrogen-bond donors (Lipinski definition) is 1. The first-order valence-corrected chi connectivity index (χ1v) is 2.98. The van der Waals surface area contributed by atoms with Crippen LogP contribution in [0, 0.1) is 0 Å². The Morgan fingerprint density at radius 2 is 2.38 bits per heavy atom. The lowest BCUT2D eigenvalue weighted by Gasteiger charge is -1.99. The molecule has 0 saturated carbocycles. The van der Waals surface area contributed by atoms with Crippen molar-refractivity contribution in [2.24, 2.45) is 0 Å². The number of hydrogen-bond acceptors (Lipinski definition) is 3. The van der Waals surface area contributed by atoms with Gasteiger partial charge in [-0.3, -0.25) is 0 Å². The third-order valence-corrected chi connectivity index (χ3v) is 0.943. The summed E-state index contributed by atoms with van der Waals surface area (Å²) in [4.78, 5) is 0. The highest BCUT2D eigenvalue weighted by Crippen LogP contribution is 1.86. The van der Waals surface area contributed by atoms with Gasteiger partial charge in [-0.05, 0) is 19.1 Å². The molecular weight excluding hydrogens is 124 g/mol. The molecule has 0 unspecified atom stereocenters. The van der Waals surface area contributed by atoms with E-state index in [1.165, 1.54) is 0 Å². The molecule has 0 rings (SSSR count). The molecule has 0 aliphatic rings. The molecule has 0 atom stereocenters. The molecule has 0 fully saturated rings. The quantitative estimate of drug-likeness (QED) is 0.577. The second kappa shape index (κ2) is 5.00. The Morgan fingerprint density at radius 1 is 1.75 bits per heavy atom. The molecule has 0 aliphatic carbocycles. The van der Waals surface area contributed by atoms with E-state index in [4.69, 9.17) is 9.84 Å². The smallest absolute Gasteiger partial charge is 0.161 e. The Morgan fingerprint density at radius 3 is 2.75 bits per heavy atom. The SMILES string of the molecule is CCOC(=S)CCO. The van der Waals surface area contributed by atoms with Crippen molar-refractivity contribution >= 4 is 17.3 Å². The van der Waals surface area contributed by atoms with Crippen LogP contribution in [-0.4, -0.2) is 23.4 Å². The van der Waals surface area contributed by atoms with E-state index in [0.29, 0.717) is 18.1 Å². The van der Waals surface area contributed by atoms with Gasteiger partial charge in [0, 0.05) is 6.42 Å². The van der Waals surface area contributed by atoms with Gasteiger partial charge in [-0.15, -0.1) is 0 Å². The second-order valence-electron chi connectivity index (χ2n) is 1.28. The first-order valence-electron chi connectivity index (χ1n) is 2.57. The van der Waals surface area contributed by atoms with Crippen LogP contribution in [0.3, 0.4) is 0 Å². The van der Waals surface area contributed by atoms with Crippen LogP contribution in [0.5, 0.6) is 0 Å². The zero-order chi connectivity index (χ0) is 6.41. The van der Waals surface area contributed by atoms with E-state index in [0.717, 1.165) is 0 Å². The molecule has 0 amide bonds. The molecule has 0 aromatic carbocycles. The summed E-state index contributed by atoms with van der Waals surface area (Å²) in [6.45, 7) is 2.54.